The number of pyridine rings is 1. The second-order valence-electron chi connectivity index (χ2n) is 5.68. The summed E-state index contributed by atoms with van der Waals surface area (Å²) in [4.78, 5) is 7.14. The lowest BCUT2D eigenvalue weighted by molar-refractivity contribution is 0.101. The number of likely N-dealkylation sites (tertiary alicyclic amines) is 1. The number of nitrogens with zero attached hydrogens (tertiary/aromatic N) is 2. The van der Waals surface area contributed by atoms with E-state index in [-0.39, 0.29) is 0 Å². The highest BCUT2D eigenvalue weighted by atomic mass is 15.2. The normalized spacial score (nSPS) is 21.9. The zero-order valence-electron chi connectivity index (χ0n) is 11.3. The van der Waals surface area contributed by atoms with Crippen molar-refractivity contribution in [1.29, 1.82) is 0 Å². The standard InChI is InChI=1S/C15H24N2/c1-4-15(2,3)17-11-7-9-14(17)12-13-8-5-6-10-16-13/h5-6,8,10,14H,4,7,9,11-12H2,1-3H3. The van der Waals surface area contributed by atoms with E-state index in [1.165, 1.54) is 31.5 Å². The molecule has 0 radical (unpaired) electrons. The summed E-state index contributed by atoms with van der Waals surface area (Å²) < 4.78 is 0. The van der Waals surface area contributed by atoms with Crippen LogP contribution in [0.25, 0.3) is 0 Å². The SMILES string of the molecule is CCC(C)(C)N1CCCC1Cc1ccccn1. The Hall–Kier alpha value is -0.890. The summed E-state index contributed by atoms with van der Waals surface area (Å²) in [6.07, 6.45) is 6.87. The molecule has 1 aliphatic rings. The summed E-state index contributed by atoms with van der Waals surface area (Å²) in [5.74, 6) is 0. The zero-order valence-corrected chi connectivity index (χ0v) is 11.3. The van der Waals surface area contributed by atoms with Crippen LogP contribution in [0.1, 0.15) is 45.7 Å². The van der Waals surface area contributed by atoms with E-state index < -0.39 is 0 Å². The van der Waals surface area contributed by atoms with E-state index in [1.54, 1.807) is 0 Å². The third-order valence-electron chi connectivity index (χ3n) is 4.19. The van der Waals surface area contributed by atoms with Crippen molar-refractivity contribution in [2.24, 2.45) is 0 Å². The van der Waals surface area contributed by atoms with Gasteiger partial charge in [-0.15, -0.1) is 0 Å². The van der Waals surface area contributed by atoms with Crippen molar-refractivity contribution in [3.63, 3.8) is 0 Å². The number of rotatable bonds is 4. The van der Waals surface area contributed by atoms with Crippen LogP contribution in [-0.2, 0) is 6.42 Å². The summed E-state index contributed by atoms with van der Waals surface area (Å²) in [6.45, 7) is 8.27. The fourth-order valence-electron chi connectivity index (χ4n) is 2.81. The van der Waals surface area contributed by atoms with E-state index >= 15 is 0 Å². The van der Waals surface area contributed by atoms with Crippen molar-refractivity contribution < 1.29 is 0 Å². The van der Waals surface area contributed by atoms with Gasteiger partial charge in [0.2, 0.25) is 0 Å². The van der Waals surface area contributed by atoms with E-state index in [0.29, 0.717) is 11.6 Å². The summed E-state index contributed by atoms with van der Waals surface area (Å²) >= 11 is 0. The van der Waals surface area contributed by atoms with Crippen molar-refractivity contribution in [3.8, 4) is 0 Å². The molecule has 94 valence electrons. The van der Waals surface area contributed by atoms with Gasteiger partial charge in [-0.05, 0) is 51.8 Å². The minimum Gasteiger partial charge on any atom is -0.295 e. The van der Waals surface area contributed by atoms with Gasteiger partial charge in [-0.2, -0.15) is 0 Å². The molecule has 0 spiro atoms. The van der Waals surface area contributed by atoms with Crippen LogP contribution in [0.2, 0.25) is 0 Å². The lowest BCUT2D eigenvalue weighted by Gasteiger charge is -2.39. The summed E-state index contributed by atoms with van der Waals surface area (Å²) in [5, 5.41) is 0. The molecule has 2 nitrogen and oxygen atoms in total. The van der Waals surface area contributed by atoms with Crippen LogP contribution in [0.5, 0.6) is 0 Å². The fraction of sp³-hybridized carbons (Fsp3) is 0.667. The van der Waals surface area contributed by atoms with E-state index in [4.69, 9.17) is 0 Å². The molecular formula is C15H24N2. The van der Waals surface area contributed by atoms with Crippen molar-refractivity contribution in [2.45, 2.75) is 58.0 Å². The third kappa shape index (κ3) is 2.86. The van der Waals surface area contributed by atoms with E-state index in [1.807, 2.05) is 12.3 Å². The Kier molecular flexibility index (Phi) is 3.82. The molecule has 1 saturated heterocycles. The second-order valence-corrected chi connectivity index (χ2v) is 5.68. The largest absolute Gasteiger partial charge is 0.295 e. The molecule has 0 N–H and O–H groups in total. The average Bonchev–Trinajstić information content (AvgIpc) is 2.79. The molecule has 1 aromatic rings. The maximum Gasteiger partial charge on any atom is 0.0419 e. The molecule has 2 heterocycles. The van der Waals surface area contributed by atoms with Gasteiger partial charge in [0, 0.05) is 29.9 Å². The monoisotopic (exact) mass is 232 g/mol. The quantitative estimate of drug-likeness (QED) is 0.792. The van der Waals surface area contributed by atoms with Gasteiger partial charge in [-0.3, -0.25) is 9.88 Å². The molecule has 1 atom stereocenters. The Bertz CT molecular complexity index is 345. The van der Waals surface area contributed by atoms with Crippen LogP contribution in [0, 0.1) is 0 Å². The highest BCUT2D eigenvalue weighted by Crippen LogP contribution is 2.30. The van der Waals surface area contributed by atoms with Crippen LogP contribution in [0.3, 0.4) is 0 Å². The zero-order chi connectivity index (χ0) is 12.3. The molecule has 2 rings (SSSR count). The molecule has 1 aliphatic heterocycles. The minimum absolute atomic E-state index is 0.329. The summed E-state index contributed by atoms with van der Waals surface area (Å²) in [6, 6.07) is 6.91. The highest BCUT2D eigenvalue weighted by Gasteiger charge is 2.34. The lowest BCUT2D eigenvalue weighted by atomic mass is 9.96. The topological polar surface area (TPSA) is 16.1 Å². The first-order valence-electron chi connectivity index (χ1n) is 6.80. The van der Waals surface area contributed by atoms with Crippen molar-refractivity contribution in [2.75, 3.05) is 6.54 Å². The van der Waals surface area contributed by atoms with Gasteiger partial charge in [-0.1, -0.05) is 13.0 Å². The van der Waals surface area contributed by atoms with Gasteiger partial charge in [0.1, 0.15) is 0 Å². The maximum atomic E-state index is 4.46. The fourth-order valence-corrected chi connectivity index (χ4v) is 2.81. The molecule has 17 heavy (non-hydrogen) atoms. The van der Waals surface area contributed by atoms with Crippen molar-refractivity contribution in [3.05, 3.63) is 30.1 Å². The maximum absolute atomic E-state index is 4.46. The Labute approximate surface area is 105 Å². The molecule has 0 aromatic carbocycles. The number of hydrogen-bond acceptors (Lipinski definition) is 2. The molecule has 1 aromatic heterocycles. The van der Waals surface area contributed by atoms with E-state index in [9.17, 15) is 0 Å². The predicted octanol–water partition coefficient (Wildman–Crippen LogP) is 3.28. The molecule has 0 aliphatic carbocycles. The summed E-state index contributed by atoms with van der Waals surface area (Å²) in [7, 11) is 0. The lowest BCUT2D eigenvalue weighted by Crippen LogP contribution is -2.47. The first-order chi connectivity index (χ1) is 8.13. The van der Waals surface area contributed by atoms with Crippen LogP contribution in [0.15, 0.2) is 24.4 Å². The molecular weight excluding hydrogens is 208 g/mol. The van der Waals surface area contributed by atoms with Gasteiger partial charge >= 0.3 is 0 Å². The number of aromatic nitrogens is 1. The Morgan fingerprint density at radius 1 is 1.41 bits per heavy atom. The first kappa shape index (κ1) is 12.6. The van der Waals surface area contributed by atoms with Gasteiger partial charge in [0.15, 0.2) is 0 Å². The van der Waals surface area contributed by atoms with Crippen LogP contribution < -0.4 is 0 Å². The molecule has 0 bridgehead atoms. The van der Waals surface area contributed by atoms with Gasteiger partial charge in [-0.25, -0.2) is 0 Å². The highest BCUT2D eigenvalue weighted by molar-refractivity contribution is 5.07. The predicted molar refractivity (Wildman–Crippen MR) is 72.0 cm³/mol. The minimum atomic E-state index is 0.329. The van der Waals surface area contributed by atoms with Gasteiger partial charge in [0.05, 0.1) is 0 Å². The summed E-state index contributed by atoms with van der Waals surface area (Å²) in [5.41, 5.74) is 1.56. The molecule has 2 heteroatoms. The first-order valence-corrected chi connectivity index (χ1v) is 6.80. The second kappa shape index (κ2) is 5.18. The average molecular weight is 232 g/mol. The van der Waals surface area contributed by atoms with Gasteiger partial charge in [0.25, 0.3) is 0 Å². The van der Waals surface area contributed by atoms with Crippen LogP contribution in [-0.4, -0.2) is 28.0 Å². The Balaban J connectivity index is 2.06. The molecule has 0 saturated carbocycles. The third-order valence-corrected chi connectivity index (χ3v) is 4.19. The van der Waals surface area contributed by atoms with Crippen LogP contribution >= 0.6 is 0 Å². The van der Waals surface area contributed by atoms with Crippen molar-refractivity contribution >= 4 is 0 Å². The Morgan fingerprint density at radius 2 is 2.24 bits per heavy atom. The molecule has 1 fully saturated rings. The van der Waals surface area contributed by atoms with Crippen LogP contribution in [0.4, 0.5) is 0 Å². The molecule has 0 amide bonds. The van der Waals surface area contributed by atoms with Gasteiger partial charge < -0.3 is 0 Å². The van der Waals surface area contributed by atoms with Crippen molar-refractivity contribution in [1.82, 2.24) is 9.88 Å². The van der Waals surface area contributed by atoms with E-state index in [0.717, 1.165) is 6.42 Å². The molecule has 1 unspecified atom stereocenters. The Morgan fingerprint density at radius 3 is 2.88 bits per heavy atom. The van der Waals surface area contributed by atoms with E-state index in [2.05, 4.69) is 42.8 Å². The number of hydrogen-bond donors (Lipinski definition) is 0. The smallest absolute Gasteiger partial charge is 0.0419 e.